The molecule has 0 aromatic heterocycles. The van der Waals surface area contributed by atoms with Crippen molar-refractivity contribution in [2.24, 2.45) is 11.7 Å². The first-order valence-corrected chi connectivity index (χ1v) is 6.78. The van der Waals surface area contributed by atoms with Crippen LogP contribution in [0.2, 0.25) is 0 Å². The largest absolute Gasteiger partial charge is 0.341 e. The van der Waals surface area contributed by atoms with Crippen LogP contribution in [0.1, 0.15) is 37.8 Å². The molecule has 2 N–H and O–H groups in total. The van der Waals surface area contributed by atoms with Gasteiger partial charge in [-0.15, -0.1) is 0 Å². The maximum absolute atomic E-state index is 12.4. The third-order valence-electron chi connectivity index (χ3n) is 3.75. The first-order valence-electron chi connectivity index (χ1n) is 6.78. The van der Waals surface area contributed by atoms with Gasteiger partial charge in [0.2, 0.25) is 5.91 Å². The van der Waals surface area contributed by atoms with E-state index in [0.29, 0.717) is 0 Å². The van der Waals surface area contributed by atoms with Crippen molar-refractivity contribution in [2.45, 2.75) is 32.2 Å². The van der Waals surface area contributed by atoms with E-state index >= 15 is 0 Å². The molecule has 1 heterocycles. The number of amides is 1. The third-order valence-corrected chi connectivity index (χ3v) is 3.75. The van der Waals surface area contributed by atoms with E-state index in [1.807, 2.05) is 35.2 Å². The number of hydrogen-bond acceptors (Lipinski definition) is 2. The zero-order valence-electron chi connectivity index (χ0n) is 11.0. The van der Waals surface area contributed by atoms with Crippen LogP contribution in [-0.2, 0) is 4.79 Å². The lowest BCUT2D eigenvalue weighted by atomic mass is 10.0. The first-order chi connectivity index (χ1) is 8.68. The van der Waals surface area contributed by atoms with Crippen molar-refractivity contribution >= 4 is 5.91 Å². The van der Waals surface area contributed by atoms with Crippen molar-refractivity contribution in [1.29, 1.82) is 0 Å². The molecule has 0 spiro atoms. The summed E-state index contributed by atoms with van der Waals surface area (Å²) in [6.07, 6.45) is 3.39. The Kier molecular flexibility index (Phi) is 4.37. The van der Waals surface area contributed by atoms with Crippen LogP contribution in [0.25, 0.3) is 0 Å². The summed E-state index contributed by atoms with van der Waals surface area (Å²) < 4.78 is 0. The number of benzene rings is 1. The highest BCUT2D eigenvalue weighted by Crippen LogP contribution is 2.19. The van der Waals surface area contributed by atoms with Crippen molar-refractivity contribution in [2.75, 3.05) is 13.1 Å². The van der Waals surface area contributed by atoms with Gasteiger partial charge in [-0.3, -0.25) is 4.79 Å². The lowest BCUT2D eigenvalue weighted by Gasteiger charge is -2.24. The highest BCUT2D eigenvalue weighted by molar-refractivity contribution is 5.83. The minimum atomic E-state index is -0.514. The van der Waals surface area contributed by atoms with Gasteiger partial charge in [-0.05, 0) is 30.7 Å². The smallest absolute Gasteiger partial charge is 0.244 e. The van der Waals surface area contributed by atoms with Crippen LogP contribution in [0, 0.1) is 5.92 Å². The van der Waals surface area contributed by atoms with Crippen LogP contribution >= 0.6 is 0 Å². The van der Waals surface area contributed by atoms with Gasteiger partial charge < -0.3 is 10.6 Å². The fourth-order valence-electron chi connectivity index (χ4n) is 2.48. The van der Waals surface area contributed by atoms with E-state index in [0.717, 1.165) is 37.4 Å². The summed E-state index contributed by atoms with van der Waals surface area (Å²) in [7, 11) is 0. The maximum atomic E-state index is 12.4. The SMILES string of the molecule is CC1CCCN(C(=O)C(N)c2ccccc2)CC1. The third kappa shape index (κ3) is 3.10. The van der Waals surface area contributed by atoms with Crippen LogP contribution in [0.5, 0.6) is 0 Å². The molecule has 1 aromatic carbocycles. The molecule has 1 saturated heterocycles. The first kappa shape index (κ1) is 13.1. The van der Waals surface area contributed by atoms with E-state index < -0.39 is 6.04 Å². The van der Waals surface area contributed by atoms with Crippen molar-refractivity contribution in [3.63, 3.8) is 0 Å². The molecular weight excluding hydrogens is 224 g/mol. The molecule has 0 aliphatic carbocycles. The van der Waals surface area contributed by atoms with Crippen LogP contribution in [-0.4, -0.2) is 23.9 Å². The molecule has 3 heteroatoms. The Morgan fingerprint density at radius 2 is 2.00 bits per heavy atom. The van der Waals surface area contributed by atoms with Crippen molar-refractivity contribution in [3.8, 4) is 0 Å². The van der Waals surface area contributed by atoms with Gasteiger partial charge in [0.1, 0.15) is 6.04 Å². The fourth-order valence-corrected chi connectivity index (χ4v) is 2.48. The summed E-state index contributed by atoms with van der Waals surface area (Å²) in [5, 5.41) is 0. The van der Waals surface area contributed by atoms with Gasteiger partial charge in [-0.1, -0.05) is 37.3 Å². The molecule has 1 aliphatic heterocycles. The molecule has 98 valence electrons. The number of carbonyl (C=O) groups is 1. The molecule has 2 atom stereocenters. The normalized spacial score (nSPS) is 22.3. The number of rotatable bonds is 2. The molecule has 1 aliphatic rings. The van der Waals surface area contributed by atoms with E-state index in [1.165, 1.54) is 6.42 Å². The van der Waals surface area contributed by atoms with E-state index in [4.69, 9.17) is 5.73 Å². The summed E-state index contributed by atoms with van der Waals surface area (Å²) in [5.74, 6) is 0.783. The average molecular weight is 246 g/mol. The fraction of sp³-hybridized carbons (Fsp3) is 0.533. The summed E-state index contributed by atoms with van der Waals surface area (Å²) in [5.41, 5.74) is 6.97. The second kappa shape index (κ2) is 6.01. The van der Waals surface area contributed by atoms with Crippen LogP contribution in [0.4, 0.5) is 0 Å². The lowest BCUT2D eigenvalue weighted by molar-refractivity contribution is -0.132. The summed E-state index contributed by atoms with van der Waals surface area (Å²) in [6.45, 7) is 3.95. The Morgan fingerprint density at radius 3 is 2.72 bits per heavy atom. The minimum Gasteiger partial charge on any atom is -0.341 e. The molecule has 2 unspecified atom stereocenters. The van der Waals surface area contributed by atoms with Gasteiger partial charge in [0, 0.05) is 13.1 Å². The molecule has 1 fully saturated rings. The predicted octanol–water partition coefficient (Wildman–Crippen LogP) is 2.33. The Bertz CT molecular complexity index is 391. The van der Waals surface area contributed by atoms with Gasteiger partial charge in [-0.2, -0.15) is 0 Å². The molecule has 1 amide bonds. The molecule has 2 rings (SSSR count). The Morgan fingerprint density at radius 1 is 1.28 bits per heavy atom. The van der Waals surface area contributed by atoms with E-state index in [-0.39, 0.29) is 5.91 Å². The second-order valence-electron chi connectivity index (χ2n) is 5.25. The summed E-state index contributed by atoms with van der Waals surface area (Å²) in [4.78, 5) is 14.3. The van der Waals surface area contributed by atoms with Crippen molar-refractivity contribution < 1.29 is 4.79 Å². The molecule has 3 nitrogen and oxygen atoms in total. The van der Waals surface area contributed by atoms with E-state index in [9.17, 15) is 4.79 Å². The van der Waals surface area contributed by atoms with Crippen molar-refractivity contribution in [1.82, 2.24) is 4.90 Å². The zero-order valence-corrected chi connectivity index (χ0v) is 11.0. The molecular formula is C15H22N2O. The number of nitrogens with two attached hydrogens (primary N) is 1. The Labute approximate surface area is 109 Å². The van der Waals surface area contributed by atoms with E-state index in [1.54, 1.807) is 0 Å². The van der Waals surface area contributed by atoms with Gasteiger partial charge in [0.15, 0.2) is 0 Å². The topological polar surface area (TPSA) is 46.3 Å². The van der Waals surface area contributed by atoms with Gasteiger partial charge in [0.25, 0.3) is 0 Å². The Balaban J connectivity index is 2.02. The zero-order chi connectivity index (χ0) is 13.0. The van der Waals surface area contributed by atoms with Gasteiger partial charge >= 0.3 is 0 Å². The van der Waals surface area contributed by atoms with Gasteiger partial charge in [-0.25, -0.2) is 0 Å². The molecule has 18 heavy (non-hydrogen) atoms. The Hall–Kier alpha value is -1.35. The number of hydrogen-bond donors (Lipinski definition) is 1. The molecule has 0 saturated carbocycles. The predicted molar refractivity (Wildman–Crippen MR) is 73.0 cm³/mol. The van der Waals surface area contributed by atoms with E-state index in [2.05, 4.69) is 6.92 Å². The number of likely N-dealkylation sites (tertiary alicyclic amines) is 1. The monoisotopic (exact) mass is 246 g/mol. The maximum Gasteiger partial charge on any atom is 0.244 e. The number of carbonyl (C=O) groups excluding carboxylic acids is 1. The average Bonchev–Trinajstić information content (AvgIpc) is 2.63. The van der Waals surface area contributed by atoms with Crippen LogP contribution in [0.15, 0.2) is 30.3 Å². The van der Waals surface area contributed by atoms with Gasteiger partial charge in [0.05, 0.1) is 0 Å². The van der Waals surface area contributed by atoms with Crippen LogP contribution < -0.4 is 5.73 Å². The minimum absolute atomic E-state index is 0.0651. The molecule has 0 bridgehead atoms. The summed E-state index contributed by atoms with van der Waals surface area (Å²) in [6, 6.07) is 9.11. The van der Waals surface area contributed by atoms with Crippen LogP contribution in [0.3, 0.4) is 0 Å². The standard InChI is InChI=1S/C15H22N2O/c1-12-6-5-10-17(11-9-12)15(18)14(16)13-7-3-2-4-8-13/h2-4,7-8,12,14H,5-6,9-11,16H2,1H3. The second-order valence-corrected chi connectivity index (χ2v) is 5.25. The summed E-state index contributed by atoms with van der Waals surface area (Å²) >= 11 is 0. The number of nitrogens with zero attached hydrogens (tertiary/aromatic N) is 1. The van der Waals surface area contributed by atoms with Crippen molar-refractivity contribution in [3.05, 3.63) is 35.9 Å². The quantitative estimate of drug-likeness (QED) is 0.870. The highest BCUT2D eigenvalue weighted by Gasteiger charge is 2.24. The molecule has 1 aromatic rings. The molecule has 0 radical (unpaired) electrons. The lowest BCUT2D eigenvalue weighted by Crippen LogP contribution is -2.39. The highest BCUT2D eigenvalue weighted by atomic mass is 16.2.